The van der Waals surface area contributed by atoms with Crippen LogP contribution in [-0.2, 0) is 4.79 Å². The van der Waals surface area contributed by atoms with Crippen LogP contribution in [0.3, 0.4) is 0 Å². The molecule has 1 aromatic carbocycles. The lowest BCUT2D eigenvalue weighted by atomic mass is 10.2. The minimum atomic E-state index is -0.346. The Labute approximate surface area is 157 Å². The van der Waals surface area contributed by atoms with Crippen molar-refractivity contribution in [2.45, 2.75) is 25.8 Å². The first-order valence-corrected chi connectivity index (χ1v) is 9.04. The lowest BCUT2D eigenvalue weighted by Crippen LogP contribution is -2.33. The second-order valence-electron chi connectivity index (χ2n) is 6.14. The predicted molar refractivity (Wildman–Crippen MR) is 103 cm³/mol. The Morgan fingerprint density at radius 3 is 2.88 bits per heavy atom. The molecule has 1 atom stereocenters. The number of hydrogen-bond donors (Lipinski definition) is 2. The zero-order valence-electron chi connectivity index (χ0n) is 14.5. The first kappa shape index (κ1) is 18.2. The van der Waals surface area contributed by atoms with Gasteiger partial charge in [-0.25, -0.2) is 4.98 Å². The van der Waals surface area contributed by atoms with Crippen molar-refractivity contribution in [3.63, 3.8) is 0 Å². The van der Waals surface area contributed by atoms with Crippen molar-refractivity contribution in [3.05, 3.63) is 53.2 Å². The van der Waals surface area contributed by atoms with Crippen LogP contribution in [-0.4, -0.2) is 35.9 Å². The van der Waals surface area contributed by atoms with Gasteiger partial charge in [0.05, 0.1) is 5.56 Å². The summed E-state index contributed by atoms with van der Waals surface area (Å²) in [5.41, 5.74) is 1.30. The maximum absolute atomic E-state index is 12.6. The molecule has 3 rings (SSSR count). The molecule has 2 N–H and O–H groups in total. The van der Waals surface area contributed by atoms with Gasteiger partial charge in [0.2, 0.25) is 5.91 Å². The van der Waals surface area contributed by atoms with E-state index in [4.69, 9.17) is 11.6 Å². The van der Waals surface area contributed by atoms with E-state index in [1.54, 1.807) is 29.2 Å². The molecule has 1 aliphatic rings. The van der Waals surface area contributed by atoms with Gasteiger partial charge in [-0.1, -0.05) is 24.6 Å². The summed E-state index contributed by atoms with van der Waals surface area (Å²) in [6.07, 6.45) is 3.07. The Morgan fingerprint density at radius 2 is 2.19 bits per heavy atom. The summed E-state index contributed by atoms with van der Waals surface area (Å²) >= 11 is 6.01. The summed E-state index contributed by atoms with van der Waals surface area (Å²) in [5, 5.41) is 6.56. The lowest BCUT2D eigenvalue weighted by molar-refractivity contribution is -0.117. The summed E-state index contributed by atoms with van der Waals surface area (Å²) in [6, 6.07) is 10.3. The molecule has 1 aromatic heterocycles. The van der Waals surface area contributed by atoms with Crippen LogP contribution in [0, 0.1) is 0 Å². The zero-order valence-corrected chi connectivity index (χ0v) is 15.3. The molecular formula is C19H21ClN4O2. The first-order valence-electron chi connectivity index (χ1n) is 8.66. The van der Waals surface area contributed by atoms with Gasteiger partial charge < -0.3 is 15.5 Å². The highest BCUT2D eigenvalue weighted by atomic mass is 35.5. The standard InChI is InChI=1S/C19H21ClN4O2/c1-2-9-21-18(25)13-6-7-17(22-12-13)23-16-8-10-24(19(16)26)15-5-3-4-14(20)11-15/h3-7,11-12,16H,2,8-10H2,1H3,(H,21,25)(H,22,23). The summed E-state index contributed by atoms with van der Waals surface area (Å²) < 4.78 is 0. The number of benzene rings is 1. The number of hydrogen-bond acceptors (Lipinski definition) is 4. The molecule has 1 fully saturated rings. The van der Waals surface area contributed by atoms with Crippen molar-refractivity contribution < 1.29 is 9.59 Å². The number of amides is 2. The molecule has 1 saturated heterocycles. The van der Waals surface area contributed by atoms with Crippen molar-refractivity contribution in [1.82, 2.24) is 10.3 Å². The average molecular weight is 373 g/mol. The van der Waals surface area contributed by atoms with Crippen molar-refractivity contribution in [2.75, 3.05) is 23.3 Å². The topological polar surface area (TPSA) is 74.3 Å². The van der Waals surface area contributed by atoms with E-state index in [1.807, 2.05) is 19.1 Å². The fraction of sp³-hybridized carbons (Fsp3) is 0.316. The van der Waals surface area contributed by atoms with Gasteiger partial charge in [0.25, 0.3) is 5.91 Å². The number of anilines is 2. The van der Waals surface area contributed by atoms with Crippen LogP contribution in [0.15, 0.2) is 42.6 Å². The zero-order chi connectivity index (χ0) is 18.5. The number of rotatable bonds is 6. The van der Waals surface area contributed by atoms with Gasteiger partial charge in [-0.15, -0.1) is 0 Å². The van der Waals surface area contributed by atoms with Crippen molar-refractivity contribution >= 4 is 34.9 Å². The molecule has 0 aliphatic carbocycles. The number of nitrogens with zero attached hydrogens (tertiary/aromatic N) is 2. The van der Waals surface area contributed by atoms with Gasteiger partial charge >= 0.3 is 0 Å². The number of halogens is 1. The van der Waals surface area contributed by atoms with Gasteiger partial charge in [0.15, 0.2) is 0 Å². The van der Waals surface area contributed by atoms with Crippen LogP contribution in [0.25, 0.3) is 0 Å². The molecule has 2 aromatic rings. The Hall–Kier alpha value is -2.60. The van der Waals surface area contributed by atoms with Crippen LogP contribution in [0.1, 0.15) is 30.1 Å². The lowest BCUT2D eigenvalue weighted by Gasteiger charge is -2.17. The maximum Gasteiger partial charge on any atom is 0.252 e. The van der Waals surface area contributed by atoms with Crippen LogP contribution < -0.4 is 15.5 Å². The van der Waals surface area contributed by atoms with Gasteiger partial charge in [-0.05, 0) is 43.2 Å². The fourth-order valence-corrected chi connectivity index (χ4v) is 3.03. The van der Waals surface area contributed by atoms with E-state index in [-0.39, 0.29) is 17.9 Å². The van der Waals surface area contributed by atoms with E-state index in [9.17, 15) is 9.59 Å². The third kappa shape index (κ3) is 4.14. The Morgan fingerprint density at radius 1 is 1.35 bits per heavy atom. The SMILES string of the molecule is CCCNC(=O)c1ccc(NC2CCN(c3cccc(Cl)c3)C2=O)nc1. The van der Waals surface area contributed by atoms with E-state index in [1.165, 1.54) is 6.20 Å². The quantitative estimate of drug-likeness (QED) is 0.817. The van der Waals surface area contributed by atoms with E-state index in [0.717, 1.165) is 12.1 Å². The van der Waals surface area contributed by atoms with Gasteiger partial charge in [-0.2, -0.15) is 0 Å². The fourth-order valence-electron chi connectivity index (χ4n) is 2.85. The van der Waals surface area contributed by atoms with Crippen LogP contribution in [0.2, 0.25) is 5.02 Å². The van der Waals surface area contributed by atoms with Crippen molar-refractivity contribution in [2.24, 2.45) is 0 Å². The average Bonchev–Trinajstić information content (AvgIpc) is 3.01. The Balaban J connectivity index is 1.63. The Bertz CT molecular complexity index is 794. The molecule has 2 amide bonds. The van der Waals surface area contributed by atoms with Gasteiger partial charge in [0.1, 0.15) is 11.9 Å². The molecule has 1 unspecified atom stereocenters. The second kappa shape index (κ2) is 8.19. The highest BCUT2D eigenvalue weighted by Crippen LogP contribution is 2.25. The normalized spacial score (nSPS) is 16.6. The van der Waals surface area contributed by atoms with Crippen LogP contribution in [0.5, 0.6) is 0 Å². The molecule has 0 saturated carbocycles. The minimum Gasteiger partial charge on any atom is -0.358 e. The summed E-state index contributed by atoms with van der Waals surface area (Å²) in [6.45, 7) is 3.25. The molecule has 26 heavy (non-hydrogen) atoms. The predicted octanol–water partition coefficient (Wildman–Crippen LogP) is 3.09. The van der Waals surface area contributed by atoms with E-state index < -0.39 is 0 Å². The highest BCUT2D eigenvalue weighted by molar-refractivity contribution is 6.31. The third-order valence-corrected chi connectivity index (χ3v) is 4.44. The smallest absolute Gasteiger partial charge is 0.252 e. The number of carbonyl (C=O) groups is 2. The third-order valence-electron chi connectivity index (χ3n) is 4.21. The molecule has 1 aliphatic heterocycles. The summed E-state index contributed by atoms with van der Waals surface area (Å²) in [4.78, 5) is 30.5. The number of aromatic nitrogens is 1. The largest absolute Gasteiger partial charge is 0.358 e. The monoisotopic (exact) mass is 372 g/mol. The number of pyridine rings is 1. The molecule has 136 valence electrons. The summed E-state index contributed by atoms with van der Waals surface area (Å²) in [5.74, 6) is 0.414. The molecule has 0 radical (unpaired) electrons. The molecule has 0 bridgehead atoms. The highest BCUT2D eigenvalue weighted by Gasteiger charge is 2.32. The van der Waals surface area contributed by atoms with Crippen LogP contribution in [0.4, 0.5) is 11.5 Å². The number of nitrogens with one attached hydrogen (secondary N) is 2. The first-order chi connectivity index (χ1) is 12.6. The van der Waals surface area contributed by atoms with E-state index >= 15 is 0 Å². The van der Waals surface area contributed by atoms with Crippen molar-refractivity contribution in [1.29, 1.82) is 0 Å². The van der Waals surface area contributed by atoms with Gasteiger partial charge in [-0.3, -0.25) is 9.59 Å². The number of carbonyl (C=O) groups excluding carboxylic acids is 2. The van der Waals surface area contributed by atoms with E-state index in [2.05, 4.69) is 15.6 Å². The van der Waals surface area contributed by atoms with Crippen LogP contribution >= 0.6 is 11.6 Å². The minimum absolute atomic E-state index is 0.0150. The molecular weight excluding hydrogens is 352 g/mol. The van der Waals surface area contributed by atoms with Gasteiger partial charge in [0, 0.05) is 30.0 Å². The summed E-state index contributed by atoms with van der Waals surface area (Å²) in [7, 11) is 0. The molecule has 0 spiro atoms. The second-order valence-corrected chi connectivity index (χ2v) is 6.58. The molecule has 6 nitrogen and oxygen atoms in total. The van der Waals surface area contributed by atoms with Crippen molar-refractivity contribution in [3.8, 4) is 0 Å². The van der Waals surface area contributed by atoms with E-state index in [0.29, 0.717) is 35.9 Å². The molecule has 2 heterocycles. The Kier molecular flexibility index (Phi) is 5.73. The molecule has 7 heteroatoms. The maximum atomic E-state index is 12.6.